The Bertz CT molecular complexity index is 360. The SMILES string of the molecule is CCC(CC)C(CNCCOC)Cc1cccc(C)c1. The van der Waals surface area contributed by atoms with Gasteiger partial charge in [-0.3, -0.25) is 0 Å². The van der Waals surface area contributed by atoms with Gasteiger partial charge in [0.2, 0.25) is 0 Å². The van der Waals surface area contributed by atoms with E-state index in [1.807, 2.05) is 0 Å². The molecule has 1 unspecified atom stereocenters. The molecule has 0 aliphatic rings. The summed E-state index contributed by atoms with van der Waals surface area (Å²) in [7, 11) is 1.76. The predicted octanol–water partition coefficient (Wildman–Crippen LogP) is 3.83. The topological polar surface area (TPSA) is 21.3 Å². The summed E-state index contributed by atoms with van der Waals surface area (Å²) >= 11 is 0. The van der Waals surface area contributed by atoms with Gasteiger partial charge in [-0.1, -0.05) is 56.5 Å². The van der Waals surface area contributed by atoms with Crippen molar-refractivity contribution < 1.29 is 4.74 Å². The quantitative estimate of drug-likeness (QED) is 0.656. The third kappa shape index (κ3) is 6.06. The number of hydrogen-bond acceptors (Lipinski definition) is 2. The third-order valence-corrected chi connectivity index (χ3v) is 4.19. The van der Waals surface area contributed by atoms with Crippen molar-refractivity contribution in [3.05, 3.63) is 35.4 Å². The van der Waals surface area contributed by atoms with Crippen LogP contribution in [0.25, 0.3) is 0 Å². The van der Waals surface area contributed by atoms with E-state index in [9.17, 15) is 0 Å². The van der Waals surface area contributed by atoms with Crippen molar-refractivity contribution in [2.45, 2.75) is 40.0 Å². The van der Waals surface area contributed by atoms with Gasteiger partial charge in [0.25, 0.3) is 0 Å². The zero-order chi connectivity index (χ0) is 14.8. The molecule has 0 amide bonds. The number of hydrogen-bond donors (Lipinski definition) is 1. The minimum absolute atomic E-state index is 0.712. The van der Waals surface area contributed by atoms with Crippen LogP contribution in [0.3, 0.4) is 0 Å². The second kappa shape index (κ2) is 9.95. The van der Waals surface area contributed by atoms with Crippen LogP contribution in [0.1, 0.15) is 37.8 Å². The Labute approximate surface area is 124 Å². The lowest BCUT2D eigenvalue weighted by atomic mass is 9.83. The molecule has 1 atom stereocenters. The van der Waals surface area contributed by atoms with Crippen molar-refractivity contribution in [1.29, 1.82) is 0 Å². The molecule has 2 heteroatoms. The molecule has 1 rings (SSSR count). The zero-order valence-corrected chi connectivity index (χ0v) is 13.6. The van der Waals surface area contributed by atoms with Crippen LogP contribution in [-0.4, -0.2) is 26.8 Å². The molecular weight excluding hydrogens is 246 g/mol. The molecule has 0 saturated carbocycles. The van der Waals surface area contributed by atoms with Crippen LogP contribution in [-0.2, 0) is 11.2 Å². The first kappa shape index (κ1) is 17.2. The lowest BCUT2D eigenvalue weighted by molar-refractivity contribution is 0.194. The van der Waals surface area contributed by atoms with Crippen molar-refractivity contribution in [3.8, 4) is 0 Å². The highest BCUT2D eigenvalue weighted by atomic mass is 16.5. The van der Waals surface area contributed by atoms with E-state index in [1.54, 1.807) is 7.11 Å². The minimum atomic E-state index is 0.712. The first-order valence-electron chi connectivity index (χ1n) is 7.96. The molecule has 20 heavy (non-hydrogen) atoms. The summed E-state index contributed by atoms with van der Waals surface area (Å²) in [4.78, 5) is 0. The predicted molar refractivity (Wildman–Crippen MR) is 87.2 cm³/mol. The molecule has 2 nitrogen and oxygen atoms in total. The van der Waals surface area contributed by atoms with Crippen molar-refractivity contribution in [2.75, 3.05) is 26.8 Å². The Hall–Kier alpha value is -0.860. The van der Waals surface area contributed by atoms with E-state index < -0.39 is 0 Å². The first-order chi connectivity index (χ1) is 9.71. The maximum Gasteiger partial charge on any atom is 0.0587 e. The van der Waals surface area contributed by atoms with Gasteiger partial charge in [0.1, 0.15) is 0 Å². The highest BCUT2D eigenvalue weighted by Crippen LogP contribution is 2.23. The number of nitrogens with one attached hydrogen (secondary N) is 1. The third-order valence-electron chi connectivity index (χ3n) is 4.19. The van der Waals surface area contributed by atoms with Crippen molar-refractivity contribution in [3.63, 3.8) is 0 Å². The second-order valence-corrected chi connectivity index (χ2v) is 5.73. The summed E-state index contributed by atoms with van der Waals surface area (Å²) in [6.45, 7) is 9.62. The van der Waals surface area contributed by atoms with Gasteiger partial charge in [-0.15, -0.1) is 0 Å². The van der Waals surface area contributed by atoms with Gasteiger partial charge in [-0.25, -0.2) is 0 Å². The monoisotopic (exact) mass is 277 g/mol. The molecule has 0 bridgehead atoms. The molecule has 0 aromatic heterocycles. The van der Waals surface area contributed by atoms with Gasteiger partial charge in [-0.05, 0) is 37.3 Å². The number of methoxy groups -OCH3 is 1. The van der Waals surface area contributed by atoms with E-state index in [0.29, 0.717) is 5.92 Å². The maximum atomic E-state index is 5.11. The molecule has 1 aromatic rings. The Morgan fingerprint density at radius 1 is 1.15 bits per heavy atom. The molecule has 0 saturated heterocycles. The summed E-state index contributed by atoms with van der Waals surface area (Å²) in [5.41, 5.74) is 2.83. The highest BCUT2D eigenvalue weighted by Gasteiger charge is 2.18. The Kier molecular flexibility index (Phi) is 8.56. The van der Waals surface area contributed by atoms with Crippen LogP contribution in [0, 0.1) is 18.8 Å². The fraction of sp³-hybridized carbons (Fsp3) is 0.667. The maximum absolute atomic E-state index is 5.11. The molecule has 0 fully saturated rings. The van der Waals surface area contributed by atoms with Crippen LogP contribution in [0.4, 0.5) is 0 Å². The summed E-state index contributed by atoms with van der Waals surface area (Å²) in [5, 5.41) is 3.55. The van der Waals surface area contributed by atoms with Crippen molar-refractivity contribution in [1.82, 2.24) is 5.32 Å². The Morgan fingerprint density at radius 3 is 2.50 bits per heavy atom. The number of ether oxygens (including phenoxy) is 1. The van der Waals surface area contributed by atoms with E-state index in [2.05, 4.69) is 50.4 Å². The van der Waals surface area contributed by atoms with Crippen molar-refractivity contribution >= 4 is 0 Å². The largest absolute Gasteiger partial charge is 0.383 e. The summed E-state index contributed by atoms with van der Waals surface area (Å²) in [5.74, 6) is 1.51. The summed E-state index contributed by atoms with van der Waals surface area (Å²) in [6, 6.07) is 8.93. The molecule has 0 aliphatic carbocycles. The normalized spacial score (nSPS) is 12.8. The molecule has 0 heterocycles. The smallest absolute Gasteiger partial charge is 0.0587 e. The van der Waals surface area contributed by atoms with Crippen LogP contribution < -0.4 is 5.32 Å². The van der Waals surface area contributed by atoms with E-state index in [1.165, 1.54) is 30.4 Å². The van der Waals surface area contributed by atoms with Crippen LogP contribution in [0.2, 0.25) is 0 Å². The van der Waals surface area contributed by atoms with Crippen molar-refractivity contribution in [2.24, 2.45) is 11.8 Å². The number of rotatable bonds is 10. The number of aryl methyl sites for hydroxylation is 1. The fourth-order valence-corrected chi connectivity index (χ4v) is 2.96. The summed E-state index contributed by atoms with van der Waals surface area (Å²) < 4.78 is 5.11. The lowest BCUT2D eigenvalue weighted by Crippen LogP contribution is -2.31. The van der Waals surface area contributed by atoms with Gasteiger partial charge in [0.15, 0.2) is 0 Å². The number of benzene rings is 1. The van der Waals surface area contributed by atoms with Gasteiger partial charge in [0, 0.05) is 13.7 Å². The van der Waals surface area contributed by atoms with Gasteiger partial charge in [0.05, 0.1) is 6.61 Å². The molecule has 114 valence electrons. The van der Waals surface area contributed by atoms with Crippen LogP contribution >= 0.6 is 0 Å². The fourth-order valence-electron chi connectivity index (χ4n) is 2.96. The average Bonchev–Trinajstić information content (AvgIpc) is 2.44. The van der Waals surface area contributed by atoms with E-state index in [-0.39, 0.29) is 0 Å². The van der Waals surface area contributed by atoms with Crippen LogP contribution in [0.15, 0.2) is 24.3 Å². The molecule has 0 radical (unpaired) electrons. The van der Waals surface area contributed by atoms with E-state index >= 15 is 0 Å². The second-order valence-electron chi connectivity index (χ2n) is 5.73. The standard InChI is InChI=1S/C18H31NO/c1-5-17(6-2)18(14-19-10-11-20-4)13-16-9-7-8-15(3)12-16/h7-9,12,17-19H,5-6,10-11,13-14H2,1-4H3. The molecule has 1 aromatic carbocycles. The molecule has 1 N–H and O–H groups in total. The van der Waals surface area contributed by atoms with Gasteiger partial charge in [-0.2, -0.15) is 0 Å². The summed E-state index contributed by atoms with van der Waals surface area (Å²) in [6.07, 6.45) is 3.70. The first-order valence-corrected chi connectivity index (χ1v) is 7.96. The lowest BCUT2D eigenvalue weighted by Gasteiger charge is -2.26. The average molecular weight is 277 g/mol. The van der Waals surface area contributed by atoms with E-state index in [0.717, 1.165) is 25.6 Å². The minimum Gasteiger partial charge on any atom is -0.383 e. The van der Waals surface area contributed by atoms with E-state index in [4.69, 9.17) is 4.74 Å². The zero-order valence-electron chi connectivity index (χ0n) is 13.6. The molecule has 0 aliphatic heterocycles. The van der Waals surface area contributed by atoms with Gasteiger partial charge >= 0.3 is 0 Å². The van der Waals surface area contributed by atoms with Gasteiger partial charge < -0.3 is 10.1 Å². The Morgan fingerprint density at radius 2 is 1.90 bits per heavy atom. The Balaban J connectivity index is 2.61. The molecule has 0 spiro atoms. The highest BCUT2D eigenvalue weighted by molar-refractivity contribution is 5.22. The molecular formula is C18H31NO. The van der Waals surface area contributed by atoms with Crippen LogP contribution in [0.5, 0.6) is 0 Å².